The molecule has 36 heavy (non-hydrogen) atoms. The molecule has 3 aromatic rings. The quantitative estimate of drug-likeness (QED) is 0.515. The first-order valence-corrected chi connectivity index (χ1v) is 12.5. The van der Waals surface area contributed by atoms with Crippen molar-refractivity contribution >= 4 is 11.6 Å². The van der Waals surface area contributed by atoms with Crippen molar-refractivity contribution in [1.29, 1.82) is 0 Å². The number of aromatic nitrogens is 3. The summed E-state index contributed by atoms with van der Waals surface area (Å²) in [5.41, 5.74) is 2.02. The third kappa shape index (κ3) is 5.45. The molecule has 5 rings (SSSR count). The van der Waals surface area contributed by atoms with Gasteiger partial charge in [-0.05, 0) is 62.4 Å². The van der Waals surface area contributed by atoms with Crippen LogP contribution in [-0.2, 0) is 17.6 Å². The second-order valence-corrected chi connectivity index (χ2v) is 9.54. The fourth-order valence-electron chi connectivity index (χ4n) is 4.81. The summed E-state index contributed by atoms with van der Waals surface area (Å²) in [6, 6.07) is 12.4. The number of carbonyl (C=O) groups excluding carboxylic acids is 1. The zero-order chi connectivity index (χ0) is 25.1. The van der Waals surface area contributed by atoms with Gasteiger partial charge in [0.25, 0.3) is 0 Å². The standard InChI is InChI=1S/C27H32FN5O3/c1-18-29-26(31-30-18)16-27(34)33-13-12-32(17-22(33)14-19-6-8-20(28)9-7-19)21-10-11-24(35-2)25(15-21)36-23-4-3-5-23/h6-11,15,22-23H,3-5,12-14,16-17H2,1-2H3,(H,29,30,31). The molecule has 9 heteroatoms. The summed E-state index contributed by atoms with van der Waals surface area (Å²) in [7, 11) is 1.65. The molecule has 1 unspecified atom stereocenters. The van der Waals surface area contributed by atoms with Crippen molar-refractivity contribution < 1.29 is 18.7 Å². The molecule has 1 aliphatic carbocycles. The van der Waals surface area contributed by atoms with Crippen LogP contribution in [-0.4, -0.2) is 64.9 Å². The van der Waals surface area contributed by atoms with Crippen LogP contribution in [0.3, 0.4) is 0 Å². The van der Waals surface area contributed by atoms with E-state index in [1.165, 1.54) is 18.6 Å². The molecule has 2 aliphatic rings. The van der Waals surface area contributed by atoms with E-state index in [2.05, 4.69) is 20.1 Å². The van der Waals surface area contributed by atoms with Gasteiger partial charge in [0, 0.05) is 31.4 Å². The number of aromatic amines is 1. The van der Waals surface area contributed by atoms with Crippen LogP contribution in [0.4, 0.5) is 10.1 Å². The van der Waals surface area contributed by atoms with Crippen LogP contribution in [0.2, 0.25) is 0 Å². The summed E-state index contributed by atoms with van der Waals surface area (Å²) < 4.78 is 25.2. The fraction of sp³-hybridized carbons (Fsp3) is 0.444. The van der Waals surface area contributed by atoms with E-state index < -0.39 is 0 Å². The predicted octanol–water partition coefficient (Wildman–Crippen LogP) is 3.69. The highest BCUT2D eigenvalue weighted by atomic mass is 19.1. The molecule has 2 fully saturated rings. The number of H-pyrrole nitrogens is 1. The van der Waals surface area contributed by atoms with Crippen LogP contribution in [0.1, 0.15) is 36.5 Å². The lowest BCUT2D eigenvalue weighted by molar-refractivity contribution is -0.133. The summed E-state index contributed by atoms with van der Waals surface area (Å²) >= 11 is 0. The molecule has 190 valence electrons. The Morgan fingerprint density at radius 1 is 1.14 bits per heavy atom. The number of methoxy groups -OCH3 is 1. The van der Waals surface area contributed by atoms with Gasteiger partial charge in [-0.15, -0.1) is 0 Å². The topological polar surface area (TPSA) is 83.6 Å². The van der Waals surface area contributed by atoms with Crippen LogP contribution in [0.25, 0.3) is 0 Å². The van der Waals surface area contributed by atoms with Crippen molar-refractivity contribution in [2.24, 2.45) is 0 Å². The third-order valence-corrected chi connectivity index (χ3v) is 7.00. The Kier molecular flexibility index (Phi) is 7.06. The van der Waals surface area contributed by atoms with Crippen LogP contribution >= 0.6 is 0 Å². The Hall–Kier alpha value is -3.62. The van der Waals surface area contributed by atoms with E-state index in [1.54, 1.807) is 19.2 Å². The first-order valence-electron chi connectivity index (χ1n) is 12.5. The van der Waals surface area contributed by atoms with E-state index in [-0.39, 0.29) is 30.3 Å². The number of anilines is 1. The Bertz CT molecular complexity index is 1190. The summed E-state index contributed by atoms with van der Waals surface area (Å²) in [5, 5.41) is 6.93. The number of ether oxygens (including phenoxy) is 2. The summed E-state index contributed by atoms with van der Waals surface area (Å²) in [6.07, 6.45) is 4.34. The Labute approximate surface area is 210 Å². The molecule has 1 atom stereocenters. The molecule has 2 aromatic carbocycles. The predicted molar refractivity (Wildman–Crippen MR) is 134 cm³/mol. The van der Waals surface area contributed by atoms with Gasteiger partial charge >= 0.3 is 0 Å². The van der Waals surface area contributed by atoms with E-state index in [1.807, 2.05) is 30.0 Å². The molecule has 1 amide bonds. The molecule has 1 N–H and O–H groups in total. The molecular formula is C27H32FN5O3. The van der Waals surface area contributed by atoms with Crippen molar-refractivity contribution in [3.63, 3.8) is 0 Å². The van der Waals surface area contributed by atoms with Gasteiger partial charge in [0.1, 0.15) is 11.6 Å². The summed E-state index contributed by atoms with van der Waals surface area (Å²) in [6.45, 7) is 3.72. The number of amides is 1. The average molecular weight is 494 g/mol. The normalized spacial score (nSPS) is 18.1. The summed E-state index contributed by atoms with van der Waals surface area (Å²) in [5.74, 6) is 2.38. The lowest BCUT2D eigenvalue weighted by Crippen LogP contribution is -2.56. The van der Waals surface area contributed by atoms with Gasteiger partial charge in [0.2, 0.25) is 5.91 Å². The van der Waals surface area contributed by atoms with Crippen molar-refractivity contribution in [3.8, 4) is 11.5 Å². The first-order chi connectivity index (χ1) is 17.5. The highest BCUT2D eigenvalue weighted by Crippen LogP contribution is 2.36. The number of benzene rings is 2. The average Bonchev–Trinajstić information content (AvgIpc) is 3.27. The van der Waals surface area contributed by atoms with Crippen LogP contribution in [0, 0.1) is 12.7 Å². The van der Waals surface area contributed by atoms with Gasteiger partial charge in [-0.1, -0.05) is 12.1 Å². The van der Waals surface area contributed by atoms with E-state index in [4.69, 9.17) is 9.47 Å². The number of piperazine rings is 1. The van der Waals surface area contributed by atoms with Crippen molar-refractivity contribution in [3.05, 3.63) is 65.5 Å². The molecule has 0 bridgehead atoms. The van der Waals surface area contributed by atoms with E-state index in [0.29, 0.717) is 37.7 Å². The molecule has 0 spiro atoms. The molecular weight excluding hydrogens is 461 g/mol. The molecule has 0 radical (unpaired) electrons. The van der Waals surface area contributed by atoms with Gasteiger partial charge in [0.15, 0.2) is 17.3 Å². The molecule has 2 heterocycles. The maximum Gasteiger partial charge on any atom is 0.230 e. The SMILES string of the molecule is COc1ccc(N2CCN(C(=O)Cc3n[nH]c(C)n3)C(Cc3ccc(F)cc3)C2)cc1OC1CCC1. The fourth-order valence-corrected chi connectivity index (χ4v) is 4.81. The van der Waals surface area contributed by atoms with Crippen molar-refractivity contribution in [1.82, 2.24) is 20.1 Å². The molecule has 1 saturated carbocycles. The molecule has 1 saturated heterocycles. The minimum Gasteiger partial charge on any atom is -0.493 e. The van der Waals surface area contributed by atoms with Crippen LogP contribution in [0.15, 0.2) is 42.5 Å². The number of nitrogens with zero attached hydrogens (tertiary/aromatic N) is 4. The molecule has 1 aliphatic heterocycles. The number of rotatable bonds is 8. The van der Waals surface area contributed by atoms with Crippen molar-refractivity contribution in [2.45, 2.75) is 51.2 Å². The highest BCUT2D eigenvalue weighted by molar-refractivity contribution is 5.78. The Morgan fingerprint density at radius 3 is 2.61 bits per heavy atom. The number of hydrogen-bond acceptors (Lipinski definition) is 6. The van der Waals surface area contributed by atoms with Crippen LogP contribution < -0.4 is 14.4 Å². The maximum atomic E-state index is 13.5. The zero-order valence-electron chi connectivity index (χ0n) is 20.7. The van der Waals surface area contributed by atoms with Gasteiger partial charge in [-0.25, -0.2) is 9.37 Å². The Morgan fingerprint density at radius 2 is 1.94 bits per heavy atom. The molecule has 8 nitrogen and oxygen atoms in total. The van der Waals surface area contributed by atoms with Gasteiger partial charge < -0.3 is 19.3 Å². The Balaban J connectivity index is 1.36. The largest absolute Gasteiger partial charge is 0.493 e. The van der Waals surface area contributed by atoms with E-state index in [9.17, 15) is 9.18 Å². The number of carbonyl (C=O) groups is 1. The minimum absolute atomic E-state index is 0.00972. The second-order valence-electron chi connectivity index (χ2n) is 9.54. The van der Waals surface area contributed by atoms with Gasteiger partial charge in [-0.2, -0.15) is 5.10 Å². The number of hydrogen-bond donors (Lipinski definition) is 1. The van der Waals surface area contributed by atoms with Crippen LogP contribution in [0.5, 0.6) is 11.5 Å². The van der Waals surface area contributed by atoms with Gasteiger partial charge in [-0.3, -0.25) is 9.89 Å². The summed E-state index contributed by atoms with van der Waals surface area (Å²) in [4.78, 5) is 21.8. The minimum atomic E-state index is -0.269. The van der Waals surface area contributed by atoms with E-state index >= 15 is 0 Å². The highest BCUT2D eigenvalue weighted by Gasteiger charge is 2.32. The third-order valence-electron chi connectivity index (χ3n) is 7.00. The first kappa shape index (κ1) is 24.1. The van der Waals surface area contributed by atoms with Gasteiger partial charge in [0.05, 0.1) is 25.7 Å². The number of aryl methyl sites for hydroxylation is 1. The smallest absolute Gasteiger partial charge is 0.230 e. The maximum absolute atomic E-state index is 13.5. The monoisotopic (exact) mass is 493 g/mol. The lowest BCUT2D eigenvalue weighted by atomic mass is 9.96. The number of nitrogens with one attached hydrogen (secondary N) is 1. The number of halogens is 1. The molecule has 1 aromatic heterocycles. The second kappa shape index (κ2) is 10.6. The van der Waals surface area contributed by atoms with Crippen molar-refractivity contribution in [2.75, 3.05) is 31.6 Å². The zero-order valence-corrected chi connectivity index (χ0v) is 20.7. The lowest BCUT2D eigenvalue weighted by Gasteiger charge is -2.43. The van der Waals surface area contributed by atoms with E-state index in [0.717, 1.165) is 35.6 Å².